The van der Waals surface area contributed by atoms with Gasteiger partial charge in [0.05, 0.1) is 30.5 Å². The quantitative estimate of drug-likeness (QED) is 0.353. The Morgan fingerprint density at radius 2 is 2.03 bits per heavy atom. The van der Waals surface area contributed by atoms with Crippen molar-refractivity contribution in [1.29, 1.82) is 5.26 Å². The van der Waals surface area contributed by atoms with Crippen LogP contribution in [-0.4, -0.2) is 67.8 Å². The summed E-state index contributed by atoms with van der Waals surface area (Å²) in [6.45, 7) is 7.58. The summed E-state index contributed by atoms with van der Waals surface area (Å²) in [6.07, 6.45) is 4.71. The van der Waals surface area contributed by atoms with E-state index in [2.05, 4.69) is 37.3 Å². The Labute approximate surface area is 221 Å². The third-order valence-corrected chi connectivity index (χ3v) is 7.23. The molecule has 6 rings (SSSR count). The van der Waals surface area contributed by atoms with E-state index in [0.717, 1.165) is 74.3 Å². The summed E-state index contributed by atoms with van der Waals surface area (Å²) < 4.78 is 13.8. The molecule has 2 atom stereocenters. The first-order chi connectivity index (χ1) is 18.7. The van der Waals surface area contributed by atoms with E-state index in [1.54, 1.807) is 18.3 Å². The number of rotatable bonds is 8. The first-order valence-corrected chi connectivity index (χ1v) is 13.0. The summed E-state index contributed by atoms with van der Waals surface area (Å²) in [5.74, 6) is 2.50. The molecule has 10 nitrogen and oxygen atoms in total. The van der Waals surface area contributed by atoms with Crippen LogP contribution in [0.15, 0.2) is 54.9 Å². The van der Waals surface area contributed by atoms with Gasteiger partial charge in [0, 0.05) is 50.7 Å². The van der Waals surface area contributed by atoms with Crippen LogP contribution in [0.3, 0.4) is 0 Å². The molecule has 0 aromatic carbocycles. The van der Waals surface area contributed by atoms with Gasteiger partial charge in [-0.2, -0.15) is 10.2 Å². The molecular weight excluding hydrogens is 480 g/mol. The lowest BCUT2D eigenvalue weighted by molar-refractivity contribution is -0.0593. The number of imidazole rings is 1. The van der Waals surface area contributed by atoms with Gasteiger partial charge in [0.25, 0.3) is 0 Å². The third kappa shape index (κ3) is 5.16. The molecule has 0 saturated carbocycles. The second kappa shape index (κ2) is 10.7. The fourth-order valence-corrected chi connectivity index (χ4v) is 4.95. The Bertz CT molecular complexity index is 1440. The predicted molar refractivity (Wildman–Crippen MR) is 141 cm³/mol. The molecule has 2 fully saturated rings. The van der Waals surface area contributed by atoms with Crippen LogP contribution in [0.1, 0.15) is 30.4 Å². The number of hydrogen-bond acceptors (Lipinski definition) is 9. The molecule has 0 aliphatic carbocycles. The van der Waals surface area contributed by atoms with Crippen molar-refractivity contribution < 1.29 is 9.47 Å². The monoisotopic (exact) mass is 510 g/mol. The minimum Gasteiger partial charge on any atom is -0.471 e. The van der Waals surface area contributed by atoms with E-state index in [-0.39, 0.29) is 6.10 Å². The van der Waals surface area contributed by atoms with Crippen molar-refractivity contribution >= 4 is 17.0 Å². The highest BCUT2D eigenvalue weighted by Gasteiger charge is 2.28. The highest BCUT2D eigenvalue weighted by Crippen LogP contribution is 2.24. The van der Waals surface area contributed by atoms with Crippen molar-refractivity contribution in [2.75, 3.05) is 31.1 Å². The standard InChI is InChI=1S/C28H30N8O2/c1-20-16-35(25-5-2-6-27(33-25)38-19-22-8-7-21(14-29)15-31-22)12-11-34(20)18-26-32-24-4-3-10-30-28(24)36(26)17-23-9-13-37-23/h2-8,10,15,20,23H,9,11-13,16-19H2,1H3/t20-,23-/m0/s1. The lowest BCUT2D eigenvalue weighted by atomic mass is 10.1. The van der Waals surface area contributed by atoms with E-state index in [4.69, 9.17) is 24.7 Å². The lowest BCUT2D eigenvalue weighted by Crippen LogP contribution is -2.52. The highest BCUT2D eigenvalue weighted by atomic mass is 16.5. The van der Waals surface area contributed by atoms with E-state index in [9.17, 15) is 0 Å². The summed E-state index contributed by atoms with van der Waals surface area (Å²) in [5.41, 5.74) is 3.15. The molecule has 0 unspecified atom stereocenters. The summed E-state index contributed by atoms with van der Waals surface area (Å²) >= 11 is 0. The molecular formula is C28H30N8O2. The maximum Gasteiger partial charge on any atom is 0.215 e. The van der Waals surface area contributed by atoms with Gasteiger partial charge >= 0.3 is 0 Å². The summed E-state index contributed by atoms with van der Waals surface area (Å²) in [5, 5.41) is 8.93. The van der Waals surface area contributed by atoms with Crippen molar-refractivity contribution in [3.05, 3.63) is 71.9 Å². The minimum absolute atomic E-state index is 0.246. The zero-order chi connectivity index (χ0) is 25.9. The Morgan fingerprint density at radius 3 is 2.79 bits per heavy atom. The lowest BCUT2D eigenvalue weighted by Gasteiger charge is -2.40. The van der Waals surface area contributed by atoms with Crippen LogP contribution >= 0.6 is 0 Å². The fourth-order valence-electron chi connectivity index (χ4n) is 4.95. The summed E-state index contributed by atoms with van der Waals surface area (Å²) in [7, 11) is 0. The second-order valence-electron chi connectivity index (χ2n) is 9.80. The van der Waals surface area contributed by atoms with Crippen LogP contribution in [0.25, 0.3) is 11.2 Å². The average Bonchev–Trinajstić information content (AvgIpc) is 3.27. The van der Waals surface area contributed by atoms with Crippen LogP contribution in [0.5, 0.6) is 5.88 Å². The molecule has 2 saturated heterocycles. The van der Waals surface area contributed by atoms with E-state index in [1.807, 2.05) is 36.5 Å². The van der Waals surface area contributed by atoms with Crippen LogP contribution < -0.4 is 9.64 Å². The number of nitrogens with zero attached hydrogens (tertiary/aromatic N) is 8. The van der Waals surface area contributed by atoms with Gasteiger partial charge in [-0.3, -0.25) is 9.88 Å². The molecule has 0 spiro atoms. The maximum absolute atomic E-state index is 8.93. The number of hydrogen-bond donors (Lipinski definition) is 0. The Morgan fingerprint density at radius 1 is 1.11 bits per heavy atom. The fraction of sp³-hybridized carbons (Fsp3) is 0.393. The average molecular weight is 511 g/mol. The number of pyridine rings is 3. The minimum atomic E-state index is 0.246. The van der Waals surface area contributed by atoms with Crippen molar-refractivity contribution in [3.8, 4) is 11.9 Å². The van der Waals surface area contributed by atoms with Gasteiger partial charge in [-0.05, 0) is 43.7 Å². The third-order valence-electron chi connectivity index (χ3n) is 7.23. The van der Waals surface area contributed by atoms with Gasteiger partial charge in [0.15, 0.2) is 5.65 Å². The number of anilines is 1. The number of ether oxygens (including phenoxy) is 2. The Kier molecular flexibility index (Phi) is 6.86. The number of piperazine rings is 1. The van der Waals surface area contributed by atoms with Gasteiger partial charge in [-0.15, -0.1) is 0 Å². The normalized spacial score (nSPS) is 19.7. The molecule has 38 heavy (non-hydrogen) atoms. The maximum atomic E-state index is 8.93. The van der Waals surface area contributed by atoms with Crippen molar-refractivity contribution in [3.63, 3.8) is 0 Å². The molecule has 10 heteroatoms. The molecule has 0 amide bonds. The van der Waals surface area contributed by atoms with Gasteiger partial charge in [-0.25, -0.2) is 9.97 Å². The first-order valence-electron chi connectivity index (χ1n) is 13.0. The number of aromatic nitrogens is 5. The molecule has 2 aliphatic heterocycles. The SMILES string of the molecule is C[C@H]1CN(c2cccc(OCc3ccc(C#N)cn3)n2)CCN1Cc1nc2cccnc2n1C[C@@H]1CCO1. The van der Waals surface area contributed by atoms with Crippen LogP contribution in [-0.2, 0) is 24.4 Å². The Hall–Kier alpha value is -4.07. The van der Waals surface area contributed by atoms with Crippen molar-refractivity contribution in [2.45, 2.75) is 45.2 Å². The topological polar surface area (TPSA) is 105 Å². The van der Waals surface area contributed by atoms with Crippen LogP contribution in [0, 0.1) is 11.3 Å². The van der Waals surface area contributed by atoms with E-state index >= 15 is 0 Å². The van der Waals surface area contributed by atoms with Crippen LogP contribution in [0.4, 0.5) is 5.82 Å². The zero-order valence-electron chi connectivity index (χ0n) is 21.4. The predicted octanol–water partition coefficient (Wildman–Crippen LogP) is 3.17. The molecule has 2 aliphatic rings. The summed E-state index contributed by atoms with van der Waals surface area (Å²) in [6, 6.07) is 15.8. The zero-order valence-corrected chi connectivity index (χ0v) is 21.4. The number of nitriles is 1. The summed E-state index contributed by atoms with van der Waals surface area (Å²) in [4.78, 5) is 23.3. The van der Waals surface area contributed by atoms with E-state index in [1.165, 1.54) is 0 Å². The molecule has 4 aromatic heterocycles. The first kappa shape index (κ1) is 24.3. The smallest absolute Gasteiger partial charge is 0.215 e. The van der Waals surface area contributed by atoms with Crippen molar-refractivity contribution in [1.82, 2.24) is 29.4 Å². The van der Waals surface area contributed by atoms with Crippen molar-refractivity contribution in [2.24, 2.45) is 0 Å². The van der Waals surface area contributed by atoms with Gasteiger partial charge in [0.2, 0.25) is 5.88 Å². The molecule has 194 valence electrons. The second-order valence-corrected chi connectivity index (χ2v) is 9.80. The highest BCUT2D eigenvalue weighted by molar-refractivity contribution is 5.71. The molecule has 0 N–H and O–H groups in total. The molecule has 4 aromatic rings. The van der Waals surface area contributed by atoms with E-state index < -0.39 is 0 Å². The van der Waals surface area contributed by atoms with E-state index in [0.29, 0.717) is 24.1 Å². The molecule has 0 radical (unpaired) electrons. The largest absolute Gasteiger partial charge is 0.471 e. The van der Waals surface area contributed by atoms with Gasteiger partial charge in [0.1, 0.15) is 29.8 Å². The number of fused-ring (bicyclic) bond motifs is 1. The Balaban J connectivity index is 1.10. The van der Waals surface area contributed by atoms with Gasteiger partial charge < -0.3 is 18.9 Å². The van der Waals surface area contributed by atoms with Gasteiger partial charge in [-0.1, -0.05) is 6.07 Å². The molecule has 0 bridgehead atoms. The molecule has 6 heterocycles. The van der Waals surface area contributed by atoms with Crippen LogP contribution in [0.2, 0.25) is 0 Å².